The van der Waals surface area contributed by atoms with E-state index in [4.69, 9.17) is 5.73 Å². The van der Waals surface area contributed by atoms with Crippen molar-refractivity contribution >= 4 is 0 Å². The molecule has 0 bridgehead atoms. The fourth-order valence-electron chi connectivity index (χ4n) is 3.84. The molecule has 0 aliphatic heterocycles. The lowest BCUT2D eigenvalue weighted by Gasteiger charge is -2.31. The number of allylic oxidation sites excluding steroid dienone is 4. The van der Waals surface area contributed by atoms with Gasteiger partial charge in [-0.1, -0.05) is 50.1 Å². The van der Waals surface area contributed by atoms with Crippen LogP contribution in [-0.2, 0) is 0 Å². The van der Waals surface area contributed by atoms with E-state index in [1.165, 1.54) is 66.4 Å². The zero-order valence-corrected chi connectivity index (χ0v) is 16.1. The maximum Gasteiger partial charge on any atom is 0.0316 e. The summed E-state index contributed by atoms with van der Waals surface area (Å²) < 4.78 is 0. The number of hydrogen-bond acceptors (Lipinski definition) is 1. The minimum atomic E-state index is 0.608. The highest BCUT2D eigenvalue weighted by molar-refractivity contribution is 5.48. The van der Waals surface area contributed by atoms with Gasteiger partial charge in [0, 0.05) is 5.70 Å². The van der Waals surface area contributed by atoms with Crippen LogP contribution in [0.3, 0.4) is 0 Å². The number of rotatable bonds is 7. The van der Waals surface area contributed by atoms with Gasteiger partial charge in [0.2, 0.25) is 0 Å². The van der Waals surface area contributed by atoms with Gasteiger partial charge in [0.15, 0.2) is 0 Å². The standard InChI is InChI=1S/C22H37N/c1-8-9-10-16(3)22(20(7)23)19(6)17(4)18(5)21-13-11-15(2)12-14-21/h18,21H,2,7-14,23H2,1,3-6H3/b19-17+,22-16-/t18-/m0/s1. The highest BCUT2D eigenvalue weighted by atomic mass is 14.6. The fourth-order valence-corrected chi connectivity index (χ4v) is 3.84. The van der Waals surface area contributed by atoms with Crippen LogP contribution in [0.2, 0.25) is 0 Å². The van der Waals surface area contributed by atoms with Gasteiger partial charge in [-0.2, -0.15) is 0 Å². The first-order chi connectivity index (χ1) is 10.8. The normalized spacial score (nSPS) is 20.0. The molecule has 0 spiro atoms. The van der Waals surface area contributed by atoms with Gasteiger partial charge in [0.25, 0.3) is 0 Å². The Bertz CT molecular complexity index is 494. The lowest BCUT2D eigenvalue weighted by molar-refractivity contribution is 0.324. The monoisotopic (exact) mass is 315 g/mol. The van der Waals surface area contributed by atoms with Crippen LogP contribution < -0.4 is 5.73 Å². The van der Waals surface area contributed by atoms with Crippen LogP contribution in [0.25, 0.3) is 0 Å². The van der Waals surface area contributed by atoms with Crippen molar-refractivity contribution in [2.45, 2.75) is 79.6 Å². The summed E-state index contributed by atoms with van der Waals surface area (Å²) >= 11 is 0. The minimum absolute atomic E-state index is 0.608. The topological polar surface area (TPSA) is 26.0 Å². The van der Waals surface area contributed by atoms with Gasteiger partial charge in [-0.05, 0) is 82.3 Å². The van der Waals surface area contributed by atoms with Crippen LogP contribution in [0.4, 0.5) is 0 Å². The summed E-state index contributed by atoms with van der Waals surface area (Å²) in [6, 6.07) is 0. The van der Waals surface area contributed by atoms with Crippen LogP contribution in [0.1, 0.15) is 79.6 Å². The molecule has 1 heteroatoms. The maximum absolute atomic E-state index is 6.15. The van der Waals surface area contributed by atoms with Crippen molar-refractivity contribution in [1.29, 1.82) is 0 Å². The van der Waals surface area contributed by atoms with Crippen LogP contribution in [0.5, 0.6) is 0 Å². The molecular formula is C22H37N. The number of nitrogens with two attached hydrogens (primary N) is 1. The van der Waals surface area contributed by atoms with Gasteiger partial charge in [0.1, 0.15) is 0 Å². The lowest BCUT2D eigenvalue weighted by Crippen LogP contribution is -2.18. The summed E-state index contributed by atoms with van der Waals surface area (Å²) in [5, 5.41) is 0. The van der Waals surface area contributed by atoms with Gasteiger partial charge in [-0.25, -0.2) is 0 Å². The molecule has 2 N–H and O–H groups in total. The zero-order chi connectivity index (χ0) is 17.6. The van der Waals surface area contributed by atoms with Crippen LogP contribution in [-0.4, -0.2) is 0 Å². The van der Waals surface area contributed by atoms with Crippen molar-refractivity contribution in [3.63, 3.8) is 0 Å². The van der Waals surface area contributed by atoms with E-state index in [1.54, 1.807) is 0 Å². The summed E-state index contributed by atoms with van der Waals surface area (Å²) in [5.74, 6) is 1.38. The first-order valence-electron chi connectivity index (χ1n) is 9.28. The largest absolute Gasteiger partial charge is 0.399 e. The molecule has 0 aromatic rings. The molecule has 0 heterocycles. The second-order valence-electron chi connectivity index (χ2n) is 7.47. The van der Waals surface area contributed by atoms with E-state index in [0.717, 1.165) is 18.0 Å². The predicted octanol–water partition coefficient (Wildman–Crippen LogP) is 6.68. The summed E-state index contributed by atoms with van der Waals surface area (Å²) in [7, 11) is 0. The van der Waals surface area contributed by atoms with Crippen molar-refractivity contribution < 1.29 is 0 Å². The van der Waals surface area contributed by atoms with E-state index < -0.39 is 0 Å². The second kappa shape index (κ2) is 9.15. The molecule has 0 amide bonds. The Morgan fingerprint density at radius 2 is 1.78 bits per heavy atom. The first kappa shape index (κ1) is 19.8. The molecule has 1 fully saturated rings. The van der Waals surface area contributed by atoms with E-state index in [9.17, 15) is 0 Å². The smallest absolute Gasteiger partial charge is 0.0316 e. The number of unbranched alkanes of at least 4 members (excludes halogenated alkanes) is 1. The van der Waals surface area contributed by atoms with Gasteiger partial charge < -0.3 is 5.73 Å². The molecule has 1 aliphatic carbocycles. The lowest BCUT2D eigenvalue weighted by atomic mass is 9.75. The molecule has 130 valence electrons. The second-order valence-corrected chi connectivity index (χ2v) is 7.47. The molecule has 0 radical (unpaired) electrons. The van der Waals surface area contributed by atoms with Crippen molar-refractivity contribution in [3.05, 3.63) is 46.7 Å². The Kier molecular flexibility index (Phi) is 7.88. The Balaban J connectivity index is 3.03. The first-order valence-corrected chi connectivity index (χ1v) is 9.28. The summed E-state index contributed by atoms with van der Waals surface area (Å²) in [5.41, 5.74) is 13.7. The molecule has 1 saturated carbocycles. The summed E-state index contributed by atoms with van der Waals surface area (Å²) in [4.78, 5) is 0. The SMILES string of the molecule is C=C1CCC([C@@H](C)/C(C)=C(C)/C(C(=C)N)=C(\C)CCCC)CC1. The van der Waals surface area contributed by atoms with E-state index in [2.05, 4.69) is 47.8 Å². The van der Waals surface area contributed by atoms with E-state index in [1.807, 2.05) is 0 Å². The van der Waals surface area contributed by atoms with Gasteiger partial charge >= 0.3 is 0 Å². The molecule has 0 aromatic heterocycles. The summed E-state index contributed by atoms with van der Waals surface area (Å²) in [6.45, 7) is 19.5. The Morgan fingerprint density at radius 1 is 1.22 bits per heavy atom. The molecule has 1 rings (SSSR count). The van der Waals surface area contributed by atoms with Gasteiger partial charge in [-0.15, -0.1) is 0 Å². The number of hydrogen-bond donors (Lipinski definition) is 1. The maximum atomic E-state index is 6.15. The van der Waals surface area contributed by atoms with Gasteiger partial charge in [0.05, 0.1) is 0 Å². The fraction of sp³-hybridized carbons (Fsp3) is 0.636. The zero-order valence-electron chi connectivity index (χ0n) is 16.1. The minimum Gasteiger partial charge on any atom is -0.399 e. The van der Waals surface area contributed by atoms with Gasteiger partial charge in [-0.3, -0.25) is 0 Å². The van der Waals surface area contributed by atoms with Crippen molar-refractivity contribution in [2.24, 2.45) is 17.6 Å². The molecule has 0 aromatic carbocycles. The predicted molar refractivity (Wildman–Crippen MR) is 104 cm³/mol. The third kappa shape index (κ3) is 5.41. The van der Waals surface area contributed by atoms with Crippen molar-refractivity contribution in [2.75, 3.05) is 0 Å². The third-order valence-corrected chi connectivity index (χ3v) is 5.75. The molecule has 1 aliphatic rings. The van der Waals surface area contributed by atoms with Crippen molar-refractivity contribution in [3.8, 4) is 0 Å². The van der Waals surface area contributed by atoms with E-state index in [0.29, 0.717) is 5.92 Å². The van der Waals surface area contributed by atoms with Crippen LogP contribution in [0.15, 0.2) is 46.7 Å². The Morgan fingerprint density at radius 3 is 2.26 bits per heavy atom. The highest BCUT2D eigenvalue weighted by Crippen LogP contribution is 2.38. The highest BCUT2D eigenvalue weighted by Gasteiger charge is 2.24. The molecule has 23 heavy (non-hydrogen) atoms. The average molecular weight is 316 g/mol. The molecule has 1 atom stereocenters. The third-order valence-electron chi connectivity index (χ3n) is 5.75. The molecule has 0 saturated heterocycles. The molecular weight excluding hydrogens is 278 g/mol. The van der Waals surface area contributed by atoms with Crippen molar-refractivity contribution in [1.82, 2.24) is 0 Å². The Labute approximate surface area is 144 Å². The molecule has 1 nitrogen and oxygen atoms in total. The molecule has 0 unspecified atom stereocenters. The average Bonchev–Trinajstić information content (AvgIpc) is 2.51. The van der Waals surface area contributed by atoms with E-state index in [-0.39, 0.29) is 0 Å². The van der Waals surface area contributed by atoms with Crippen LogP contribution in [0, 0.1) is 11.8 Å². The van der Waals surface area contributed by atoms with E-state index >= 15 is 0 Å². The quantitative estimate of drug-likeness (QED) is 0.411. The summed E-state index contributed by atoms with van der Waals surface area (Å²) in [6.07, 6.45) is 8.50. The Hall–Kier alpha value is -1.24. The van der Waals surface area contributed by atoms with Crippen LogP contribution >= 0.6 is 0 Å².